The van der Waals surface area contributed by atoms with Gasteiger partial charge in [0.25, 0.3) is 0 Å². The Morgan fingerprint density at radius 1 is 0.967 bits per heavy atom. The lowest BCUT2D eigenvalue weighted by atomic mass is 9.78. The first-order valence-corrected chi connectivity index (χ1v) is 10.1. The van der Waals surface area contributed by atoms with Crippen molar-refractivity contribution in [3.05, 3.63) is 101 Å². The summed E-state index contributed by atoms with van der Waals surface area (Å²) in [6, 6.07) is 24.6. The molecule has 0 amide bonds. The van der Waals surface area contributed by atoms with E-state index in [2.05, 4.69) is 4.90 Å². The van der Waals surface area contributed by atoms with Crippen LogP contribution in [0.15, 0.2) is 78.9 Å². The van der Waals surface area contributed by atoms with Crippen LogP contribution in [0.25, 0.3) is 0 Å². The number of ether oxygens (including phenoxy) is 1. The van der Waals surface area contributed by atoms with Crippen molar-refractivity contribution in [3.63, 3.8) is 0 Å². The minimum absolute atomic E-state index is 0.0676. The van der Waals surface area contributed by atoms with Gasteiger partial charge < -0.3 is 9.84 Å². The Labute approximate surface area is 175 Å². The maximum atomic E-state index is 13.3. The average molecular weight is 405 g/mol. The fourth-order valence-electron chi connectivity index (χ4n) is 4.00. The Bertz CT molecular complexity index is 974. The van der Waals surface area contributed by atoms with Crippen LogP contribution < -0.4 is 4.74 Å². The molecule has 5 heteroatoms. The summed E-state index contributed by atoms with van der Waals surface area (Å²) in [6.07, 6.45) is 0.102. The van der Waals surface area contributed by atoms with Crippen LogP contribution in [0.1, 0.15) is 35.1 Å². The molecular weight excluding hydrogens is 381 g/mol. The minimum atomic E-state index is -0.802. The summed E-state index contributed by atoms with van der Waals surface area (Å²) in [7, 11) is 0. The third-order valence-electron chi connectivity index (χ3n) is 5.59. The van der Waals surface area contributed by atoms with E-state index in [1.807, 2.05) is 66.7 Å². The monoisotopic (exact) mass is 405 g/mol. The van der Waals surface area contributed by atoms with Crippen LogP contribution in [0.3, 0.4) is 0 Å². The maximum Gasteiger partial charge on any atom is 0.304 e. The van der Waals surface area contributed by atoms with Gasteiger partial charge in [-0.3, -0.25) is 9.69 Å². The first-order valence-electron chi connectivity index (χ1n) is 10.1. The first kappa shape index (κ1) is 20.1. The van der Waals surface area contributed by atoms with Crippen LogP contribution in [0.4, 0.5) is 4.39 Å². The Hall–Kier alpha value is -3.18. The number of hydrogen-bond donors (Lipinski definition) is 1. The normalized spacial score (nSPS) is 18.6. The third kappa shape index (κ3) is 4.69. The Morgan fingerprint density at radius 3 is 2.30 bits per heavy atom. The Morgan fingerprint density at radius 2 is 1.63 bits per heavy atom. The summed E-state index contributed by atoms with van der Waals surface area (Å²) in [6.45, 7) is 1.76. The Balaban J connectivity index is 1.48. The molecule has 1 aliphatic heterocycles. The van der Waals surface area contributed by atoms with Gasteiger partial charge in [0.2, 0.25) is 0 Å². The van der Waals surface area contributed by atoms with Crippen molar-refractivity contribution >= 4 is 5.97 Å². The summed E-state index contributed by atoms with van der Waals surface area (Å²) in [4.78, 5) is 13.2. The molecule has 1 saturated heterocycles. The maximum absolute atomic E-state index is 13.3. The Kier molecular flexibility index (Phi) is 6.10. The van der Waals surface area contributed by atoms with Crippen LogP contribution >= 0.6 is 0 Å². The number of halogens is 1. The van der Waals surface area contributed by atoms with Crippen LogP contribution in [-0.2, 0) is 11.4 Å². The lowest BCUT2D eigenvalue weighted by Gasteiger charge is -2.49. The molecule has 1 N–H and O–H groups in total. The van der Waals surface area contributed by atoms with Crippen molar-refractivity contribution in [3.8, 4) is 5.75 Å². The van der Waals surface area contributed by atoms with E-state index in [0.29, 0.717) is 13.2 Å². The number of hydrogen-bond acceptors (Lipinski definition) is 3. The summed E-state index contributed by atoms with van der Waals surface area (Å²) in [5.74, 6) is -0.0613. The van der Waals surface area contributed by atoms with Gasteiger partial charge in [-0.1, -0.05) is 54.6 Å². The van der Waals surface area contributed by atoms with Gasteiger partial charge in [-0.2, -0.15) is 0 Å². The number of rotatable bonds is 8. The average Bonchev–Trinajstić information content (AvgIpc) is 2.74. The molecule has 0 bridgehead atoms. The van der Waals surface area contributed by atoms with Crippen molar-refractivity contribution in [1.82, 2.24) is 4.90 Å². The number of likely N-dealkylation sites (tertiary alicyclic amines) is 1. The lowest BCUT2D eigenvalue weighted by molar-refractivity contribution is -0.138. The standard InChI is InChI=1S/C25H24FNO3/c26-21-10-6-19(7-11-21)23-16-27(15-14-24(28)29)25(23)20-8-12-22(13-9-20)30-17-18-4-2-1-3-5-18/h1-13,23,25H,14-17H2,(H,28,29). The van der Waals surface area contributed by atoms with Gasteiger partial charge in [0.15, 0.2) is 0 Å². The molecule has 1 aliphatic rings. The molecule has 1 heterocycles. The molecule has 3 aromatic rings. The highest BCUT2D eigenvalue weighted by molar-refractivity contribution is 5.66. The van der Waals surface area contributed by atoms with Crippen molar-refractivity contribution < 1.29 is 19.0 Å². The zero-order valence-electron chi connectivity index (χ0n) is 16.6. The second-order valence-corrected chi connectivity index (χ2v) is 7.58. The molecule has 4 nitrogen and oxygen atoms in total. The molecule has 154 valence electrons. The highest BCUT2D eigenvalue weighted by Gasteiger charge is 2.40. The van der Waals surface area contributed by atoms with Crippen LogP contribution in [0.2, 0.25) is 0 Å². The van der Waals surface area contributed by atoms with E-state index >= 15 is 0 Å². The number of carboxylic acid groups (broad SMARTS) is 1. The summed E-state index contributed by atoms with van der Waals surface area (Å²) < 4.78 is 19.2. The summed E-state index contributed by atoms with van der Waals surface area (Å²) in [5.41, 5.74) is 3.28. The highest BCUT2D eigenvalue weighted by Crippen LogP contribution is 2.45. The van der Waals surface area contributed by atoms with Gasteiger partial charge in [0.05, 0.1) is 6.42 Å². The molecule has 2 unspecified atom stereocenters. The molecule has 4 rings (SSSR count). The fraction of sp³-hybridized carbons (Fsp3) is 0.240. The molecule has 0 aliphatic carbocycles. The second kappa shape index (κ2) is 9.09. The van der Waals surface area contributed by atoms with Crippen LogP contribution in [0, 0.1) is 5.82 Å². The predicted octanol–water partition coefficient (Wildman–Crippen LogP) is 5.02. The van der Waals surface area contributed by atoms with E-state index in [9.17, 15) is 9.18 Å². The second-order valence-electron chi connectivity index (χ2n) is 7.58. The smallest absolute Gasteiger partial charge is 0.304 e. The van der Waals surface area contributed by atoms with Gasteiger partial charge in [-0.25, -0.2) is 4.39 Å². The van der Waals surface area contributed by atoms with E-state index in [4.69, 9.17) is 9.84 Å². The van der Waals surface area contributed by atoms with E-state index in [0.717, 1.165) is 29.0 Å². The molecule has 0 radical (unpaired) electrons. The molecule has 0 spiro atoms. The molecule has 2 atom stereocenters. The SMILES string of the molecule is O=C(O)CCN1CC(c2ccc(F)cc2)C1c1ccc(OCc2ccccc2)cc1. The largest absolute Gasteiger partial charge is 0.489 e. The van der Waals surface area contributed by atoms with Crippen molar-refractivity contribution in [2.45, 2.75) is 25.0 Å². The van der Waals surface area contributed by atoms with Crippen LogP contribution in [0.5, 0.6) is 5.75 Å². The van der Waals surface area contributed by atoms with Crippen molar-refractivity contribution in [2.75, 3.05) is 13.1 Å². The minimum Gasteiger partial charge on any atom is -0.489 e. The number of carboxylic acids is 1. The first-order chi connectivity index (χ1) is 14.6. The molecule has 1 fully saturated rings. The quantitative estimate of drug-likeness (QED) is 0.572. The fourth-order valence-corrected chi connectivity index (χ4v) is 4.00. The van der Waals surface area contributed by atoms with Crippen molar-refractivity contribution in [2.24, 2.45) is 0 Å². The van der Waals surface area contributed by atoms with Crippen molar-refractivity contribution in [1.29, 1.82) is 0 Å². The third-order valence-corrected chi connectivity index (χ3v) is 5.59. The number of carbonyl (C=O) groups is 1. The predicted molar refractivity (Wildman–Crippen MR) is 113 cm³/mol. The zero-order chi connectivity index (χ0) is 20.9. The van der Waals surface area contributed by atoms with Gasteiger partial charge in [-0.05, 0) is 41.0 Å². The van der Waals surface area contributed by atoms with Gasteiger partial charge in [-0.15, -0.1) is 0 Å². The van der Waals surface area contributed by atoms with Gasteiger partial charge >= 0.3 is 5.97 Å². The summed E-state index contributed by atoms with van der Waals surface area (Å²) in [5, 5.41) is 9.06. The van der Waals surface area contributed by atoms with E-state index in [-0.39, 0.29) is 24.2 Å². The summed E-state index contributed by atoms with van der Waals surface area (Å²) >= 11 is 0. The molecule has 0 aromatic heterocycles. The zero-order valence-corrected chi connectivity index (χ0v) is 16.6. The molecule has 0 saturated carbocycles. The van der Waals surface area contributed by atoms with E-state index < -0.39 is 5.97 Å². The number of nitrogens with zero attached hydrogens (tertiary/aromatic N) is 1. The highest BCUT2D eigenvalue weighted by atomic mass is 19.1. The van der Waals surface area contributed by atoms with E-state index in [1.165, 1.54) is 12.1 Å². The van der Waals surface area contributed by atoms with Gasteiger partial charge in [0, 0.05) is 25.0 Å². The van der Waals surface area contributed by atoms with Crippen LogP contribution in [-0.4, -0.2) is 29.1 Å². The van der Waals surface area contributed by atoms with E-state index in [1.54, 1.807) is 0 Å². The number of benzene rings is 3. The molecule has 3 aromatic carbocycles. The topological polar surface area (TPSA) is 49.8 Å². The van der Waals surface area contributed by atoms with Gasteiger partial charge in [0.1, 0.15) is 18.2 Å². The molecule has 30 heavy (non-hydrogen) atoms. The number of aliphatic carboxylic acids is 1. The molecular formula is C25H24FNO3. The lowest BCUT2D eigenvalue weighted by Crippen LogP contribution is -2.48.